The molecular weight excluding hydrogens is 262 g/mol. The van der Waals surface area contributed by atoms with Crippen LogP contribution in [0.4, 0.5) is 0 Å². The zero-order valence-corrected chi connectivity index (χ0v) is 13.0. The van der Waals surface area contributed by atoms with Crippen molar-refractivity contribution >= 4 is 5.91 Å². The number of pyridine rings is 1. The van der Waals surface area contributed by atoms with Crippen LogP contribution in [0.15, 0.2) is 24.5 Å². The van der Waals surface area contributed by atoms with Crippen LogP contribution in [0, 0.1) is 11.8 Å². The quantitative estimate of drug-likeness (QED) is 0.804. The number of amides is 1. The van der Waals surface area contributed by atoms with Gasteiger partial charge in [-0.15, -0.1) is 0 Å². The lowest BCUT2D eigenvalue weighted by atomic mass is 10.0. The number of carbonyl (C=O) groups excluding carboxylic acids is 1. The summed E-state index contributed by atoms with van der Waals surface area (Å²) in [5.41, 5.74) is 1.25. The third-order valence-corrected chi connectivity index (χ3v) is 4.33. The Balaban J connectivity index is 1.57. The third-order valence-electron chi connectivity index (χ3n) is 4.33. The third kappa shape index (κ3) is 3.62. The number of likely N-dealkylation sites (tertiary alicyclic amines) is 1. The molecule has 21 heavy (non-hydrogen) atoms. The summed E-state index contributed by atoms with van der Waals surface area (Å²) in [7, 11) is 0. The Morgan fingerprint density at radius 3 is 2.76 bits per heavy atom. The lowest BCUT2D eigenvalue weighted by Gasteiger charge is -2.46. The first-order valence-electron chi connectivity index (χ1n) is 8.05. The topological polar surface area (TPSA) is 36.4 Å². The molecule has 3 rings (SSSR count). The Morgan fingerprint density at radius 1 is 1.43 bits per heavy atom. The molecule has 0 atom stereocenters. The molecule has 1 saturated carbocycles. The molecule has 4 heteroatoms. The molecule has 0 unspecified atom stereocenters. The Kier molecular flexibility index (Phi) is 4.24. The summed E-state index contributed by atoms with van der Waals surface area (Å²) < 4.78 is 0. The lowest BCUT2D eigenvalue weighted by molar-refractivity contribution is -0.140. The molecule has 4 nitrogen and oxygen atoms in total. The first-order chi connectivity index (χ1) is 10.1. The lowest BCUT2D eigenvalue weighted by Crippen LogP contribution is -2.61. The van der Waals surface area contributed by atoms with Crippen LogP contribution in [0.3, 0.4) is 0 Å². The van der Waals surface area contributed by atoms with Crippen LogP contribution >= 0.6 is 0 Å². The molecule has 0 spiro atoms. The monoisotopic (exact) mass is 287 g/mol. The standard InChI is InChI=1S/C17H25N3O/c1-13(2)9-19(10-14-4-3-7-18-8-14)16-11-20(12-16)17(21)15-5-6-15/h3-4,7-8,13,15-16H,5-6,9-12H2,1-2H3. The van der Waals surface area contributed by atoms with Gasteiger partial charge >= 0.3 is 0 Å². The van der Waals surface area contributed by atoms with Crippen molar-refractivity contribution in [3.8, 4) is 0 Å². The maximum atomic E-state index is 12.0. The average Bonchev–Trinajstić information content (AvgIpc) is 3.21. The van der Waals surface area contributed by atoms with Crippen molar-refractivity contribution in [3.63, 3.8) is 0 Å². The van der Waals surface area contributed by atoms with Gasteiger partial charge in [0.15, 0.2) is 0 Å². The molecule has 0 N–H and O–H groups in total. The summed E-state index contributed by atoms with van der Waals surface area (Å²) in [5, 5.41) is 0. The highest BCUT2D eigenvalue weighted by Crippen LogP contribution is 2.33. The Bertz CT molecular complexity index is 478. The minimum atomic E-state index is 0.350. The second kappa shape index (κ2) is 6.14. The first kappa shape index (κ1) is 14.5. The molecule has 1 saturated heterocycles. The van der Waals surface area contributed by atoms with Crippen molar-refractivity contribution in [2.24, 2.45) is 11.8 Å². The summed E-state index contributed by atoms with van der Waals surface area (Å²) in [5.74, 6) is 1.37. The molecule has 0 radical (unpaired) electrons. The number of rotatable bonds is 6. The molecule has 1 aromatic heterocycles. The SMILES string of the molecule is CC(C)CN(Cc1cccnc1)C1CN(C(=O)C2CC2)C1. The summed E-state index contributed by atoms with van der Waals surface area (Å²) in [4.78, 5) is 20.8. The fraction of sp³-hybridized carbons (Fsp3) is 0.647. The first-order valence-corrected chi connectivity index (χ1v) is 8.05. The van der Waals surface area contributed by atoms with Crippen molar-refractivity contribution in [2.75, 3.05) is 19.6 Å². The van der Waals surface area contributed by atoms with Crippen LogP contribution in [0.1, 0.15) is 32.3 Å². The molecule has 2 aliphatic rings. The van der Waals surface area contributed by atoms with Gasteiger partial charge in [-0.25, -0.2) is 0 Å². The van der Waals surface area contributed by atoms with Crippen LogP contribution in [0.25, 0.3) is 0 Å². The fourth-order valence-electron chi connectivity index (χ4n) is 2.99. The predicted molar refractivity (Wildman–Crippen MR) is 82.6 cm³/mol. The van der Waals surface area contributed by atoms with Crippen LogP contribution in [-0.4, -0.2) is 46.4 Å². The van der Waals surface area contributed by atoms with Crippen molar-refractivity contribution < 1.29 is 4.79 Å². The van der Waals surface area contributed by atoms with Gasteiger partial charge in [0.1, 0.15) is 0 Å². The summed E-state index contributed by atoms with van der Waals surface area (Å²) >= 11 is 0. The van der Waals surface area contributed by atoms with E-state index >= 15 is 0 Å². The van der Waals surface area contributed by atoms with Gasteiger partial charge in [-0.2, -0.15) is 0 Å². The Morgan fingerprint density at radius 2 is 2.19 bits per heavy atom. The second-order valence-corrected chi connectivity index (χ2v) is 6.86. The fourth-order valence-corrected chi connectivity index (χ4v) is 2.99. The molecule has 1 aromatic rings. The van der Waals surface area contributed by atoms with E-state index in [1.807, 2.05) is 23.4 Å². The van der Waals surface area contributed by atoms with Gasteiger partial charge in [0.2, 0.25) is 5.91 Å². The highest BCUT2D eigenvalue weighted by Gasteiger charge is 2.40. The normalized spacial score (nSPS) is 19.1. The van der Waals surface area contributed by atoms with Crippen molar-refractivity contribution in [1.29, 1.82) is 0 Å². The number of hydrogen-bond acceptors (Lipinski definition) is 3. The van der Waals surface area contributed by atoms with E-state index in [9.17, 15) is 4.79 Å². The molecule has 2 heterocycles. The molecule has 1 amide bonds. The Hall–Kier alpha value is -1.42. The van der Waals surface area contributed by atoms with E-state index in [1.54, 1.807) is 0 Å². The van der Waals surface area contributed by atoms with Gasteiger partial charge in [-0.1, -0.05) is 19.9 Å². The van der Waals surface area contributed by atoms with E-state index in [0.717, 1.165) is 39.0 Å². The minimum absolute atomic E-state index is 0.350. The molecular formula is C17H25N3O. The van der Waals surface area contributed by atoms with E-state index in [4.69, 9.17) is 0 Å². The van der Waals surface area contributed by atoms with Crippen LogP contribution in [-0.2, 0) is 11.3 Å². The van der Waals surface area contributed by atoms with E-state index in [-0.39, 0.29) is 0 Å². The second-order valence-electron chi connectivity index (χ2n) is 6.86. The molecule has 114 valence electrons. The number of carbonyl (C=O) groups is 1. The van der Waals surface area contributed by atoms with Crippen molar-refractivity contribution in [2.45, 2.75) is 39.3 Å². The summed E-state index contributed by atoms with van der Waals surface area (Å²) in [6, 6.07) is 4.63. The molecule has 0 aromatic carbocycles. The van der Waals surface area contributed by atoms with E-state index in [2.05, 4.69) is 29.8 Å². The highest BCUT2D eigenvalue weighted by molar-refractivity contribution is 5.81. The van der Waals surface area contributed by atoms with E-state index in [0.29, 0.717) is 23.8 Å². The number of hydrogen-bond donors (Lipinski definition) is 0. The molecule has 1 aliphatic carbocycles. The van der Waals surface area contributed by atoms with Gasteiger partial charge in [0.25, 0.3) is 0 Å². The smallest absolute Gasteiger partial charge is 0.225 e. The van der Waals surface area contributed by atoms with Crippen molar-refractivity contribution in [1.82, 2.24) is 14.8 Å². The summed E-state index contributed by atoms with van der Waals surface area (Å²) in [6.45, 7) is 8.32. The minimum Gasteiger partial charge on any atom is -0.339 e. The number of aromatic nitrogens is 1. The Labute approximate surface area is 127 Å². The largest absolute Gasteiger partial charge is 0.339 e. The predicted octanol–water partition coefficient (Wildman–Crippen LogP) is 2.16. The molecule has 0 bridgehead atoms. The van der Waals surface area contributed by atoms with Gasteiger partial charge in [-0.3, -0.25) is 14.7 Å². The van der Waals surface area contributed by atoms with Gasteiger partial charge in [-0.05, 0) is 30.4 Å². The number of nitrogens with zero attached hydrogens (tertiary/aromatic N) is 3. The zero-order chi connectivity index (χ0) is 14.8. The van der Waals surface area contributed by atoms with Gasteiger partial charge in [0, 0.05) is 50.5 Å². The highest BCUT2D eigenvalue weighted by atomic mass is 16.2. The molecule has 1 aliphatic heterocycles. The maximum Gasteiger partial charge on any atom is 0.225 e. The van der Waals surface area contributed by atoms with E-state index < -0.39 is 0 Å². The van der Waals surface area contributed by atoms with Crippen LogP contribution in [0.5, 0.6) is 0 Å². The summed E-state index contributed by atoms with van der Waals surface area (Å²) in [6.07, 6.45) is 5.96. The van der Waals surface area contributed by atoms with E-state index in [1.165, 1.54) is 5.56 Å². The van der Waals surface area contributed by atoms with Gasteiger partial charge in [0.05, 0.1) is 0 Å². The van der Waals surface area contributed by atoms with Crippen LogP contribution < -0.4 is 0 Å². The maximum absolute atomic E-state index is 12.0. The van der Waals surface area contributed by atoms with Crippen LogP contribution in [0.2, 0.25) is 0 Å². The zero-order valence-electron chi connectivity index (χ0n) is 13.0. The van der Waals surface area contributed by atoms with Crippen molar-refractivity contribution in [3.05, 3.63) is 30.1 Å². The average molecular weight is 287 g/mol. The molecule has 2 fully saturated rings. The van der Waals surface area contributed by atoms with Gasteiger partial charge < -0.3 is 4.90 Å².